The van der Waals surface area contributed by atoms with E-state index in [4.69, 9.17) is 23.2 Å². The first kappa shape index (κ1) is 16.1. The first-order valence-electron chi connectivity index (χ1n) is 7.45. The van der Waals surface area contributed by atoms with Crippen molar-refractivity contribution in [1.82, 2.24) is 10.2 Å². The highest BCUT2D eigenvalue weighted by Crippen LogP contribution is 2.31. The number of benzene rings is 1. The maximum Gasteiger partial charge on any atom is 0.0640 e. The quantitative estimate of drug-likeness (QED) is 0.830. The zero-order valence-electron chi connectivity index (χ0n) is 12.3. The Bertz CT molecular complexity index is 430. The minimum absolute atomic E-state index is 0.255. The largest absolute Gasteiger partial charge is 0.313 e. The van der Waals surface area contributed by atoms with Crippen molar-refractivity contribution in [2.45, 2.75) is 44.2 Å². The molecule has 1 saturated carbocycles. The molecule has 0 bridgehead atoms. The molecule has 1 aromatic carbocycles. The van der Waals surface area contributed by atoms with E-state index < -0.39 is 0 Å². The molecule has 2 rings (SSSR count). The van der Waals surface area contributed by atoms with Crippen LogP contribution in [0.3, 0.4) is 0 Å². The van der Waals surface area contributed by atoms with Gasteiger partial charge in [0, 0.05) is 12.1 Å². The van der Waals surface area contributed by atoms with Crippen molar-refractivity contribution in [3.05, 3.63) is 33.8 Å². The van der Waals surface area contributed by atoms with Gasteiger partial charge < -0.3 is 10.2 Å². The van der Waals surface area contributed by atoms with Gasteiger partial charge in [0.15, 0.2) is 0 Å². The lowest BCUT2D eigenvalue weighted by Crippen LogP contribution is -2.32. The number of halogens is 2. The summed E-state index contributed by atoms with van der Waals surface area (Å²) in [6.45, 7) is 1.08. The standard InChI is InChI=1S/C16H24Cl2N2/c1-19-15(13-8-5-9-14(17)16(13)18)10-11-20(2)12-6-3-4-7-12/h5,8-9,12,15,19H,3-4,6-7,10-11H2,1-2H3. The molecule has 112 valence electrons. The summed E-state index contributed by atoms with van der Waals surface area (Å²) in [5, 5.41) is 4.67. The Kier molecular flexibility index (Phi) is 6.16. The van der Waals surface area contributed by atoms with Crippen LogP contribution in [0.1, 0.15) is 43.7 Å². The van der Waals surface area contributed by atoms with Crippen molar-refractivity contribution in [2.24, 2.45) is 0 Å². The summed E-state index contributed by atoms with van der Waals surface area (Å²) in [7, 11) is 4.22. The maximum atomic E-state index is 6.32. The smallest absolute Gasteiger partial charge is 0.0640 e. The van der Waals surface area contributed by atoms with Gasteiger partial charge in [-0.3, -0.25) is 0 Å². The molecule has 1 N–H and O–H groups in total. The van der Waals surface area contributed by atoms with Crippen molar-refractivity contribution in [3.63, 3.8) is 0 Å². The summed E-state index contributed by atoms with van der Waals surface area (Å²) in [5.41, 5.74) is 1.10. The van der Waals surface area contributed by atoms with E-state index in [1.165, 1.54) is 25.7 Å². The highest BCUT2D eigenvalue weighted by atomic mass is 35.5. The van der Waals surface area contributed by atoms with Crippen LogP contribution in [-0.4, -0.2) is 31.6 Å². The molecule has 1 atom stereocenters. The lowest BCUT2D eigenvalue weighted by molar-refractivity contribution is 0.233. The summed E-state index contributed by atoms with van der Waals surface area (Å²) in [6, 6.07) is 6.89. The molecular formula is C16H24Cl2N2. The van der Waals surface area contributed by atoms with Gasteiger partial charge in [0.05, 0.1) is 10.0 Å². The minimum Gasteiger partial charge on any atom is -0.313 e. The van der Waals surface area contributed by atoms with Gasteiger partial charge in [-0.25, -0.2) is 0 Å². The van der Waals surface area contributed by atoms with Gasteiger partial charge in [-0.05, 0) is 51.5 Å². The number of nitrogens with zero attached hydrogens (tertiary/aromatic N) is 1. The van der Waals surface area contributed by atoms with E-state index in [0.29, 0.717) is 10.0 Å². The van der Waals surface area contributed by atoms with E-state index in [-0.39, 0.29) is 6.04 Å². The molecule has 0 aliphatic heterocycles. The SMILES string of the molecule is CNC(CCN(C)C1CCCC1)c1cccc(Cl)c1Cl. The molecule has 1 unspecified atom stereocenters. The third-order valence-electron chi connectivity index (χ3n) is 4.42. The molecular weight excluding hydrogens is 291 g/mol. The van der Waals surface area contributed by atoms with Crippen molar-refractivity contribution in [3.8, 4) is 0 Å². The maximum absolute atomic E-state index is 6.32. The van der Waals surface area contributed by atoms with Gasteiger partial charge in [0.25, 0.3) is 0 Å². The van der Waals surface area contributed by atoms with Gasteiger partial charge in [-0.15, -0.1) is 0 Å². The first-order chi connectivity index (χ1) is 9.63. The Morgan fingerprint density at radius 3 is 2.65 bits per heavy atom. The first-order valence-corrected chi connectivity index (χ1v) is 8.20. The summed E-state index contributed by atoms with van der Waals surface area (Å²) in [4.78, 5) is 2.50. The fourth-order valence-corrected chi connectivity index (χ4v) is 3.54. The van der Waals surface area contributed by atoms with E-state index in [1.807, 2.05) is 19.2 Å². The summed E-state index contributed by atoms with van der Waals surface area (Å²) >= 11 is 12.4. The van der Waals surface area contributed by atoms with Crippen LogP contribution in [0.15, 0.2) is 18.2 Å². The van der Waals surface area contributed by atoms with Crippen molar-refractivity contribution < 1.29 is 0 Å². The zero-order chi connectivity index (χ0) is 14.5. The van der Waals surface area contributed by atoms with Crippen LogP contribution in [0.2, 0.25) is 10.0 Å². The molecule has 0 saturated heterocycles. The molecule has 0 heterocycles. The van der Waals surface area contributed by atoms with Gasteiger partial charge in [0.1, 0.15) is 0 Å². The third kappa shape index (κ3) is 3.88. The second kappa shape index (κ2) is 7.65. The lowest BCUT2D eigenvalue weighted by atomic mass is 10.0. The van der Waals surface area contributed by atoms with Gasteiger partial charge in [-0.1, -0.05) is 48.2 Å². The fraction of sp³-hybridized carbons (Fsp3) is 0.625. The Hall–Kier alpha value is -0.280. The predicted octanol–water partition coefficient (Wildman–Crippen LogP) is 4.52. The average Bonchev–Trinajstić information content (AvgIpc) is 2.97. The average molecular weight is 315 g/mol. The Morgan fingerprint density at radius 2 is 2.00 bits per heavy atom. The molecule has 1 fully saturated rings. The second-order valence-corrected chi connectivity index (χ2v) is 6.48. The summed E-state index contributed by atoms with van der Waals surface area (Å²) in [6.07, 6.45) is 6.50. The van der Waals surface area contributed by atoms with Crippen LogP contribution in [-0.2, 0) is 0 Å². The Labute approximate surface area is 132 Å². The molecule has 0 radical (unpaired) electrons. The number of nitrogens with one attached hydrogen (secondary N) is 1. The Morgan fingerprint density at radius 1 is 1.30 bits per heavy atom. The monoisotopic (exact) mass is 314 g/mol. The second-order valence-electron chi connectivity index (χ2n) is 5.69. The van der Waals surface area contributed by atoms with Crippen LogP contribution in [0.5, 0.6) is 0 Å². The van der Waals surface area contributed by atoms with Crippen molar-refractivity contribution in [1.29, 1.82) is 0 Å². The summed E-state index contributed by atoms with van der Waals surface area (Å²) < 4.78 is 0. The number of hydrogen-bond donors (Lipinski definition) is 1. The predicted molar refractivity (Wildman–Crippen MR) is 87.8 cm³/mol. The number of rotatable bonds is 6. The lowest BCUT2D eigenvalue weighted by Gasteiger charge is -2.27. The van der Waals surface area contributed by atoms with E-state index in [2.05, 4.69) is 23.3 Å². The highest BCUT2D eigenvalue weighted by Gasteiger charge is 2.21. The molecule has 20 heavy (non-hydrogen) atoms. The van der Waals surface area contributed by atoms with Crippen LogP contribution < -0.4 is 5.32 Å². The van der Waals surface area contributed by atoms with E-state index in [0.717, 1.165) is 24.6 Å². The van der Waals surface area contributed by atoms with Crippen LogP contribution in [0.4, 0.5) is 0 Å². The molecule has 1 aliphatic rings. The van der Waals surface area contributed by atoms with Gasteiger partial charge >= 0.3 is 0 Å². The molecule has 2 nitrogen and oxygen atoms in total. The van der Waals surface area contributed by atoms with Gasteiger partial charge in [0.2, 0.25) is 0 Å². The van der Waals surface area contributed by atoms with E-state index in [1.54, 1.807) is 0 Å². The van der Waals surface area contributed by atoms with Crippen LogP contribution in [0.25, 0.3) is 0 Å². The van der Waals surface area contributed by atoms with Crippen LogP contribution in [0, 0.1) is 0 Å². The topological polar surface area (TPSA) is 15.3 Å². The highest BCUT2D eigenvalue weighted by molar-refractivity contribution is 6.42. The summed E-state index contributed by atoms with van der Waals surface area (Å²) in [5.74, 6) is 0. The molecule has 0 aromatic heterocycles. The zero-order valence-corrected chi connectivity index (χ0v) is 13.8. The Balaban J connectivity index is 1.96. The van der Waals surface area contributed by atoms with Gasteiger partial charge in [-0.2, -0.15) is 0 Å². The third-order valence-corrected chi connectivity index (χ3v) is 5.26. The molecule has 0 amide bonds. The molecule has 1 aromatic rings. The van der Waals surface area contributed by atoms with Crippen molar-refractivity contribution >= 4 is 23.2 Å². The fourth-order valence-electron chi connectivity index (χ4n) is 3.11. The van der Waals surface area contributed by atoms with Crippen LogP contribution >= 0.6 is 23.2 Å². The van der Waals surface area contributed by atoms with E-state index in [9.17, 15) is 0 Å². The number of hydrogen-bond acceptors (Lipinski definition) is 2. The van der Waals surface area contributed by atoms with Crippen molar-refractivity contribution in [2.75, 3.05) is 20.6 Å². The molecule has 0 spiro atoms. The normalized spacial score (nSPS) is 17.9. The van der Waals surface area contributed by atoms with E-state index >= 15 is 0 Å². The molecule has 4 heteroatoms. The minimum atomic E-state index is 0.255. The molecule has 1 aliphatic carbocycles.